The largest absolute Gasteiger partial charge is 0.444 e. The van der Waals surface area contributed by atoms with Crippen LogP contribution in [-0.2, 0) is 38.0 Å². The van der Waals surface area contributed by atoms with Crippen LogP contribution < -0.4 is 21.3 Å². The van der Waals surface area contributed by atoms with E-state index in [1.54, 1.807) is 62.3 Å². The van der Waals surface area contributed by atoms with Crippen LogP contribution in [0.5, 0.6) is 0 Å². The van der Waals surface area contributed by atoms with E-state index >= 15 is 0 Å². The summed E-state index contributed by atoms with van der Waals surface area (Å²) in [5, 5.41) is 87.5. The number of rotatable bonds is 13. The highest BCUT2D eigenvalue weighted by Crippen LogP contribution is 2.33. The fourth-order valence-corrected chi connectivity index (χ4v) is 6.73. The molecule has 350 valence electrons. The highest BCUT2D eigenvalue weighted by molar-refractivity contribution is 5.75. The Kier molecular flexibility index (Phi) is 18.4. The summed E-state index contributed by atoms with van der Waals surface area (Å²) >= 11 is 0. The van der Waals surface area contributed by atoms with Gasteiger partial charge in [0.1, 0.15) is 77.8 Å². The van der Waals surface area contributed by atoms with Gasteiger partial charge in [0.05, 0.1) is 24.7 Å². The Morgan fingerprint density at radius 3 is 1.56 bits per heavy atom. The maximum Gasteiger partial charge on any atom is 0.408 e. The van der Waals surface area contributed by atoms with E-state index in [0.717, 1.165) is 0 Å². The zero-order chi connectivity index (χ0) is 46.2. The Morgan fingerprint density at radius 2 is 1.10 bits per heavy atom. The maximum absolute atomic E-state index is 13.2. The fraction of sp³-hybridized carbons (Fsp3) is 0.846. The number of carbonyl (C=O) groups excluding carboxylic acids is 4. The Morgan fingerprint density at radius 1 is 0.639 bits per heavy atom. The molecule has 22 heteroatoms. The molecule has 0 bridgehead atoms. The lowest BCUT2D eigenvalue weighted by Gasteiger charge is -2.49. The summed E-state index contributed by atoms with van der Waals surface area (Å²) in [6.45, 7) is 13.1. The third kappa shape index (κ3) is 15.6. The summed E-state index contributed by atoms with van der Waals surface area (Å²) in [6.07, 6.45) is -18.5. The fourth-order valence-electron chi connectivity index (χ4n) is 6.73. The average molecular weight is 879 g/mol. The van der Waals surface area contributed by atoms with Crippen molar-refractivity contribution in [3.8, 4) is 12.3 Å². The summed E-state index contributed by atoms with van der Waals surface area (Å²) in [4.78, 5) is 51.6. The SMILES string of the molecule is C#CCCCC(=O)NCC1O[C@@H](O[C@H]2C(NC(=O)OC(C)(C)C)C[C@@H](NC(=O)OC(C)(C)C)C(O[C@@H]3OC(CO)[C@H](O)C(NC(=O)OC(C)(C)C)C3O)[C@H]2O)C(O)[C@@H](O)[C@H]1O. The third-order valence-electron chi connectivity index (χ3n) is 9.42. The number of unbranched alkanes of at least 4 members (excludes halogenated alkanes) is 1. The molecule has 0 aromatic rings. The van der Waals surface area contributed by atoms with Crippen molar-refractivity contribution >= 4 is 24.2 Å². The number of amides is 4. The molecule has 11 N–H and O–H groups in total. The third-order valence-corrected chi connectivity index (χ3v) is 9.42. The highest BCUT2D eigenvalue weighted by Gasteiger charge is 2.54. The number of alkyl carbamates (subject to hydrolysis) is 3. The molecule has 61 heavy (non-hydrogen) atoms. The van der Waals surface area contributed by atoms with Crippen molar-refractivity contribution in [2.24, 2.45) is 0 Å². The normalized spacial score (nSPS) is 34.6. The molecule has 7 unspecified atom stereocenters. The summed E-state index contributed by atoms with van der Waals surface area (Å²) in [5.74, 6) is 1.98. The Bertz CT molecular complexity index is 1510. The number of aliphatic hydroxyl groups excluding tert-OH is 7. The number of carbonyl (C=O) groups is 4. The minimum Gasteiger partial charge on any atom is -0.444 e. The average Bonchev–Trinajstić information content (AvgIpc) is 3.11. The smallest absolute Gasteiger partial charge is 0.408 e. The van der Waals surface area contributed by atoms with E-state index in [0.29, 0.717) is 12.8 Å². The van der Waals surface area contributed by atoms with Crippen molar-refractivity contribution in [2.45, 2.75) is 197 Å². The van der Waals surface area contributed by atoms with Crippen LogP contribution in [0, 0.1) is 12.3 Å². The van der Waals surface area contributed by atoms with Crippen LogP contribution in [0.2, 0.25) is 0 Å². The van der Waals surface area contributed by atoms with Gasteiger partial charge in [-0.05, 0) is 75.2 Å². The molecule has 3 aliphatic rings. The lowest BCUT2D eigenvalue weighted by Crippen LogP contribution is -2.70. The molecule has 0 radical (unpaired) electrons. The van der Waals surface area contributed by atoms with Crippen LogP contribution in [0.3, 0.4) is 0 Å². The van der Waals surface area contributed by atoms with Gasteiger partial charge in [-0.15, -0.1) is 12.3 Å². The maximum atomic E-state index is 13.2. The van der Waals surface area contributed by atoms with E-state index in [2.05, 4.69) is 27.2 Å². The predicted octanol–water partition coefficient (Wildman–Crippen LogP) is -1.63. The first-order valence-electron chi connectivity index (χ1n) is 20.1. The van der Waals surface area contributed by atoms with E-state index in [-0.39, 0.29) is 19.4 Å². The van der Waals surface area contributed by atoms with Crippen molar-refractivity contribution in [2.75, 3.05) is 13.2 Å². The van der Waals surface area contributed by atoms with Crippen molar-refractivity contribution in [3.63, 3.8) is 0 Å². The van der Waals surface area contributed by atoms with Gasteiger partial charge in [0, 0.05) is 19.4 Å². The van der Waals surface area contributed by atoms with Crippen molar-refractivity contribution in [3.05, 3.63) is 0 Å². The molecule has 1 saturated carbocycles. The molecule has 3 rings (SSSR count). The summed E-state index contributed by atoms with van der Waals surface area (Å²) in [5.41, 5.74) is -3.01. The second-order valence-electron chi connectivity index (χ2n) is 18.2. The molecule has 22 nitrogen and oxygen atoms in total. The quantitative estimate of drug-likeness (QED) is 0.0562. The molecular formula is C39H66N4O18. The molecule has 1 aliphatic carbocycles. The second-order valence-corrected chi connectivity index (χ2v) is 18.2. The Labute approximate surface area is 355 Å². The van der Waals surface area contributed by atoms with Crippen molar-refractivity contribution in [1.29, 1.82) is 0 Å². The van der Waals surface area contributed by atoms with Gasteiger partial charge in [-0.25, -0.2) is 14.4 Å². The van der Waals surface area contributed by atoms with Gasteiger partial charge in [-0.1, -0.05) is 0 Å². The molecule has 0 spiro atoms. The van der Waals surface area contributed by atoms with Crippen LogP contribution in [0.4, 0.5) is 14.4 Å². The number of ether oxygens (including phenoxy) is 7. The van der Waals surface area contributed by atoms with Gasteiger partial charge >= 0.3 is 18.3 Å². The van der Waals surface area contributed by atoms with E-state index in [9.17, 15) is 54.9 Å². The standard InChI is InChI=1S/C39H66N4O18/c1-11-12-13-14-22(45)40-16-20-25(47)27(49)28(50)33(55-20)58-31-19(42-35(53)60-38(5,6)7)15-18(41-34(52)59-37(2,3)4)30(29(31)51)57-32-26(48)23(24(46)21(17-44)56-32)43-36(54)61-39(8,9)10/h1,18-21,23-33,44,46-51H,12-17H2,2-10H3,(H,40,45)(H,41,52)(H,42,53)(H,43,54)/t18-,19?,20?,21?,23?,24+,25+,26?,27+,28?,29-,30?,31+,32+,33+/m1/s1. The van der Waals surface area contributed by atoms with E-state index in [1.807, 2.05) is 0 Å². The number of hydrogen-bond acceptors (Lipinski definition) is 18. The number of terminal acetylenes is 1. The topological polar surface area (TPSA) is 323 Å². The van der Waals surface area contributed by atoms with Crippen molar-refractivity contribution in [1.82, 2.24) is 21.3 Å². The molecular weight excluding hydrogens is 812 g/mol. The first-order valence-corrected chi connectivity index (χ1v) is 20.1. The van der Waals surface area contributed by atoms with Gasteiger partial charge in [0.2, 0.25) is 5.91 Å². The zero-order valence-electron chi connectivity index (χ0n) is 36.1. The van der Waals surface area contributed by atoms with Gasteiger partial charge in [0.15, 0.2) is 12.6 Å². The minimum atomic E-state index is -1.99. The van der Waals surface area contributed by atoms with Crippen LogP contribution in [0.25, 0.3) is 0 Å². The molecule has 0 aromatic heterocycles. The highest BCUT2D eigenvalue weighted by atomic mass is 16.7. The van der Waals surface area contributed by atoms with Gasteiger partial charge in [0.25, 0.3) is 0 Å². The number of nitrogens with one attached hydrogen (secondary N) is 4. The van der Waals surface area contributed by atoms with Crippen LogP contribution >= 0.6 is 0 Å². The van der Waals surface area contributed by atoms with E-state index in [4.69, 9.17) is 39.6 Å². The number of hydrogen-bond donors (Lipinski definition) is 11. The predicted molar refractivity (Wildman–Crippen MR) is 210 cm³/mol. The Hall–Kier alpha value is -3.60. The second kappa shape index (κ2) is 21.7. The molecule has 0 aromatic carbocycles. The van der Waals surface area contributed by atoms with Crippen molar-refractivity contribution < 1.29 is 88.1 Å². The van der Waals surface area contributed by atoms with E-state index < -0.39 is 139 Å². The summed E-state index contributed by atoms with van der Waals surface area (Å²) in [7, 11) is 0. The molecule has 2 heterocycles. The lowest BCUT2D eigenvalue weighted by molar-refractivity contribution is -0.334. The lowest BCUT2D eigenvalue weighted by atomic mass is 9.83. The molecule has 15 atom stereocenters. The molecule has 2 aliphatic heterocycles. The Balaban J connectivity index is 2.03. The van der Waals surface area contributed by atoms with Crippen LogP contribution in [0.15, 0.2) is 0 Å². The zero-order valence-corrected chi connectivity index (χ0v) is 36.1. The van der Waals surface area contributed by atoms with Crippen LogP contribution in [0.1, 0.15) is 88.0 Å². The van der Waals surface area contributed by atoms with Gasteiger partial charge < -0.3 is 90.2 Å². The monoisotopic (exact) mass is 878 g/mol. The van der Waals surface area contributed by atoms with Gasteiger partial charge in [-0.2, -0.15) is 0 Å². The van der Waals surface area contributed by atoms with Crippen LogP contribution in [-0.4, -0.2) is 182 Å². The minimum absolute atomic E-state index is 0.0551. The molecule has 2 saturated heterocycles. The summed E-state index contributed by atoms with van der Waals surface area (Å²) < 4.78 is 40.0. The molecule has 3 fully saturated rings. The molecule has 4 amide bonds. The van der Waals surface area contributed by atoms with E-state index in [1.165, 1.54) is 0 Å². The first kappa shape index (κ1) is 51.7. The summed E-state index contributed by atoms with van der Waals surface area (Å²) in [6, 6.07) is -4.24. The first-order chi connectivity index (χ1) is 28.1. The number of aliphatic hydroxyl groups is 7. The van der Waals surface area contributed by atoms with Gasteiger partial charge in [-0.3, -0.25) is 4.79 Å².